The van der Waals surface area contributed by atoms with Gasteiger partial charge in [-0.3, -0.25) is 0 Å². The Morgan fingerprint density at radius 2 is 1.95 bits per heavy atom. The largest absolute Gasteiger partial charge is 0.439 e. The first-order valence-corrected chi connectivity index (χ1v) is 6.92. The molecule has 0 radical (unpaired) electrons. The van der Waals surface area contributed by atoms with Crippen molar-refractivity contribution in [2.24, 2.45) is 0 Å². The highest BCUT2D eigenvalue weighted by molar-refractivity contribution is 5.49. The van der Waals surface area contributed by atoms with E-state index in [0.29, 0.717) is 5.88 Å². The van der Waals surface area contributed by atoms with E-state index in [1.807, 2.05) is 19.2 Å². The van der Waals surface area contributed by atoms with Crippen LogP contribution in [0.25, 0.3) is 0 Å². The zero-order chi connectivity index (χ0) is 14.5. The van der Waals surface area contributed by atoms with Gasteiger partial charge in [0.25, 0.3) is 0 Å². The molecule has 0 aliphatic heterocycles. The SMILES string of the molecule is CCCc1c(NC)ncnc1Oc1ccc(C)c(C)c1. The first kappa shape index (κ1) is 14.3. The Bertz CT molecular complexity index is 596. The average molecular weight is 271 g/mol. The van der Waals surface area contributed by atoms with E-state index in [1.165, 1.54) is 17.5 Å². The lowest BCUT2D eigenvalue weighted by atomic mass is 10.1. The number of aryl methyl sites for hydroxylation is 2. The van der Waals surface area contributed by atoms with Crippen molar-refractivity contribution < 1.29 is 4.74 Å². The summed E-state index contributed by atoms with van der Waals surface area (Å²) in [6.45, 7) is 6.30. The van der Waals surface area contributed by atoms with E-state index in [4.69, 9.17) is 4.74 Å². The van der Waals surface area contributed by atoms with Crippen LogP contribution in [0.5, 0.6) is 11.6 Å². The Balaban J connectivity index is 2.34. The number of nitrogens with one attached hydrogen (secondary N) is 1. The fraction of sp³-hybridized carbons (Fsp3) is 0.375. The first-order valence-electron chi connectivity index (χ1n) is 6.92. The molecule has 106 valence electrons. The molecule has 0 spiro atoms. The Morgan fingerprint density at radius 1 is 1.15 bits per heavy atom. The van der Waals surface area contributed by atoms with Crippen LogP contribution in [-0.4, -0.2) is 17.0 Å². The first-order chi connectivity index (χ1) is 9.65. The normalized spacial score (nSPS) is 10.4. The number of benzene rings is 1. The molecule has 0 amide bonds. The average Bonchev–Trinajstić information content (AvgIpc) is 2.45. The van der Waals surface area contributed by atoms with Crippen molar-refractivity contribution in [2.75, 3.05) is 12.4 Å². The number of rotatable bonds is 5. The number of ether oxygens (including phenoxy) is 1. The van der Waals surface area contributed by atoms with E-state index in [9.17, 15) is 0 Å². The molecule has 0 atom stereocenters. The van der Waals surface area contributed by atoms with Crippen molar-refractivity contribution in [3.8, 4) is 11.6 Å². The molecule has 0 saturated heterocycles. The van der Waals surface area contributed by atoms with Gasteiger partial charge < -0.3 is 10.1 Å². The quantitative estimate of drug-likeness (QED) is 0.896. The van der Waals surface area contributed by atoms with Crippen LogP contribution in [0.2, 0.25) is 0 Å². The van der Waals surface area contributed by atoms with Gasteiger partial charge >= 0.3 is 0 Å². The van der Waals surface area contributed by atoms with Crippen molar-refractivity contribution in [2.45, 2.75) is 33.6 Å². The summed E-state index contributed by atoms with van der Waals surface area (Å²) >= 11 is 0. The third-order valence-corrected chi connectivity index (χ3v) is 3.34. The molecule has 0 aliphatic rings. The Labute approximate surface area is 120 Å². The van der Waals surface area contributed by atoms with Crippen molar-refractivity contribution in [3.05, 3.63) is 41.2 Å². The van der Waals surface area contributed by atoms with E-state index in [1.54, 1.807) is 0 Å². The number of hydrogen-bond donors (Lipinski definition) is 1. The minimum Gasteiger partial charge on any atom is -0.439 e. The summed E-state index contributed by atoms with van der Waals surface area (Å²) in [6.07, 6.45) is 3.43. The molecule has 0 saturated carbocycles. The maximum atomic E-state index is 5.95. The second-order valence-electron chi connectivity index (χ2n) is 4.85. The molecule has 0 unspecified atom stereocenters. The van der Waals surface area contributed by atoms with E-state index >= 15 is 0 Å². The molecule has 1 heterocycles. The summed E-state index contributed by atoms with van der Waals surface area (Å²) in [5, 5.41) is 3.10. The van der Waals surface area contributed by atoms with Gasteiger partial charge in [0, 0.05) is 7.05 Å². The fourth-order valence-corrected chi connectivity index (χ4v) is 2.06. The molecule has 20 heavy (non-hydrogen) atoms. The van der Waals surface area contributed by atoms with Crippen LogP contribution < -0.4 is 10.1 Å². The fourth-order valence-electron chi connectivity index (χ4n) is 2.06. The lowest BCUT2D eigenvalue weighted by molar-refractivity contribution is 0.454. The molecule has 4 heteroatoms. The number of nitrogens with zero attached hydrogens (tertiary/aromatic N) is 2. The van der Waals surface area contributed by atoms with Gasteiger partial charge in [-0.15, -0.1) is 0 Å². The Kier molecular flexibility index (Phi) is 4.56. The molecule has 0 aliphatic carbocycles. The highest BCUT2D eigenvalue weighted by atomic mass is 16.5. The number of hydrogen-bond acceptors (Lipinski definition) is 4. The lowest BCUT2D eigenvalue weighted by Crippen LogP contribution is -2.03. The van der Waals surface area contributed by atoms with Crippen LogP contribution in [0.4, 0.5) is 5.82 Å². The van der Waals surface area contributed by atoms with Gasteiger partial charge in [0.1, 0.15) is 17.9 Å². The molecule has 1 aromatic carbocycles. The summed E-state index contributed by atoms with van der Waals surface area (Å²) in [5.74, 6) is 2.28. The molecule has 2 aromatic rings. The van der Waals surface area contributed by atoms with Gasteiger partial charge in [-0.2, -0.15) is 0 Å². The maximum Gasteiger partial charge on any atom is 0.227 e. The Morgan fingerprint density at radius 3 is 2.60 bits per heavy atom. The van der Waals surface area contributed by atoms with Crippen LogP contribution in [0, 0.1) is 13.8 Å². The summed E-state index contributed by atoms with van der Waals surface area (Å²) in [6, 6.07) is 6.07. The number of anilines is 1. The van der Waals surface area contributed by atoms with Crippen LogP contribution in [0.1, 0.15) is 30.0 Å². The molecule has 0 bridgehead atoms. The monoisotopic (exact) mass is 271 g/mol. The van der Waals surface area contributed by atoms with Gasteiger partial charge in [-0.05, 0) is 43.5 Å². The van der Waals surface area contributed by atoms with Crippen molar-refractivity contribution in [1.82, 2.24) is 9.97 Å². The predicted molar refractivity (Wildman–Crippen MR) is 81.6 cm³/mol. The van der Waals surface area contributed by atoms with Gasteiger partial charge in [-0.1, -0.05) is 19.4 Å². The second kappa shape index (κ2) is 6.37. The van der Waals surface area contributed by atoms with E-state index in [0.717, 1.165) is 30.0 Å². The van der Waals surface area contributed by atoms with Gasteiger partial charge in [0.05, 0.1) is 5.56 Å². The highest BCUT2D eigenvalue weighted by Gasteiger charge is 2.12. The lowest BCUT2D eigenvalue weighted by Gasteiger charge is -2.13. The summed E-state index contributed by atoms with van der Waals surface area (Å²) < 4.78 is 5.95. The van der Waals surface area contributed by atoms with E-state index in [2.05, 4.69) is 42.1 Å². The minimum absolute atomic E-state index is 0.634. The summed E-state index contributed by atoms with van der Waals surface area (Å²) in [7, 11) is 1.86. The highest BCUT2D eigenvalue weighted by Crippen LogP contribution is 2.28. The van der Waals surface area contributed by atoms with Crippen molar-refractivity contribution >= 4 is 5.82 Å². The predicted octanol–water partition coefficient (Wildman–Crippen LogP) is 3.88. The molecule has 4 nitrogen and oxygen atoms in total. The smallest absolute Gasteiger partial charge is 0.227 e. The molecule has 2 rings (SSSR count). The molecular formula is C16H21N3O. The summed E-state index contributed by atoms with van der Waals surface area (Å²) in [4.78, 5) is 8.53. The van der Waals surface area contributed by atoms with Crippen LogP contribution >= 0.6 is 0 Å². The topological polar surface area (TPSA) is 47.0 Å². The van der Waals surface area contributed by atoms with Crippen LogP contribution in [0.15, 0.2) is 24.5 Å². The number of aromatic nitrogens is 2. The molecule has 1 N–H and O–H groups in total. The van der Waals surface area contributed by atoms with Crippen LogP contribution in [0.3, 0.4) is 0 Å². The van der Waals surface area contributed by atoms with Crippen molar-refractivity contribution in [3.63, 3.8) is 0 Å². The Hall–Kier alpha value is -2.10. The second-order valence-corrected chi connectivity index (χ2v) is 4.85. The van der Waals surface area contributed by atoms with Gasteiger partial charge in [-0.25, -0.2) is 9.97 Å². The third-order valence-electron chi connectivity index (χ3n) is 3.34. The maximum absolute atomic E-state index is 5.95. The van der Waals surface area contributed by atoms with E-state index < -0.39 is 0 Å². The summed E-state index contributed by atoms with van der Waals surface area (Å²) in [5.41, 5.74) is 3.49. The zero-order valence-corrected chi connectivity index (χ0v) is 12.5. The van der Waals surface area contributed by atoms with Gasteiger partial charge in [0.15, 0.2) is 0 Å². The molecular weight excluding hydrogens is 250 g/mol. The van der Waals surface area contributed by atoms with Crippen LogP contribution in [-0.2, 0) is 6.42 Å². The molecule has 1 aromatic heterocycles. The molecule has 0 fully saturated rings. The van der Waals surface area contributed by atoms with E-state index in [-0.39, 0.29) is 0 Å². The minimum atomic E-state index is 0.634. The zero-order valence-electron chi connectivity index (χ0n) is 12.5. The van der Waals surface area contributed by atoms with Crippen molar-refractivity contribution in [1.29, 1.82) is 0 Å². The third kappa shape index (κ3) is 3.07. The standard InChI is InChI=1S/C16H21N3O/c1-5-6-14-15(17-4)18-10-19-16(14)20-13-8-7-11(2)12(3)9-13/h7-10H,5-6H2,1-4H3,(H,17,18,19). The van der Waals surface area contributed by atoms with Gasteiger partial charge in [0.2, 0.25) is 5.88 Å².